The number of hydrogen-bond acceptors (Lipinski definition) is 2. The van der Waals surface area contributed by atoms with Crippen LogP contribution < -0.4 is 5.32 Å². The molecular formula is C17H26N2O. The van der Waals surface area contributed by atoms with E-state index in [4.69, 9.17) is 0 Å². The number of amides is 1. The molecule has 3 heteroatoms. The van der Waals surface area contributed by atoms with Gasteiger partial charge in [-0.05, 0) is 51.3 Å². The van der Waals surface area contributed by atoms with Crippen LogP contribution in [0.4, 0.5) is 0 Å². The maximum Gasteiger partial charge on any atom is 0.227 e. The third-order valence-corrected chi connectivity index (χ3v) is 4.22. The maximum absolute atomic E-state index is 12.6. The van der Waals surface area contributed by atoms with E-state index in [0.29, 0.717) is 12.5 Å². The van der Waals surface area contributed by atoms with Crippen molar-refractivity contribution in [2.45, 2.75) is 46.1 Å². The van der Waals surface area contributed by atoms with Gasteiger partial charge in [-0.1, -0.05) is 23.8 Å². The van der Waals surface area contributed by atoms with Crippen LogP contribution in [-0.2, 0) is 11.2 Å². The summed E-state index contributed by atoms with van der Waals surface area (Å²) in [5.74, 6) is 0.259. The molecule has 0 saturated carbocycles. The molecule has 110 valence electrons. The monoisotopic (exact) mass is 274 g/mol. The fraction of sp³-hybridized carbons (Fsp3) is 0.588. The van der Waals surface area contributed by atoms with Crippen LogP contribution >= 0.6 is 0 Å². The number of carbonyl (C=O) groups excluding carboxylic acids is 1. The maximum atomic E-state index is 12.6. The van der Waals surface area contributed by atoms with Gasteiger partial charge in [0.25, 0.3) is 0 Å². The van der Waals surface area contributed by atoms with Gasteiger partial charge < -0.3 is 10.2 Å². The smallest absolute Gasteiger partial charge is 0.227 e. The van der Waals surface area contributed by atoms with E-state index in [1.165, 1.54) is 11.1 Å². The van der Waals surface area contributed by atoms with E-state index in [2.05, 4.69) is 44.3 Å². The van der Waals surface area contributed by atoms with Crippen LogP contribution in [0.5, 0.6) is 0 Å². The molecule has 0 bridgehead atoms. The minimum absolute atomic E-state index is 0.259. The van der Waals surface area contributed by atoms with Crippen molar-refractivity contribution in [3.8, 4) is 0 Å². The second-order valence-electron chi connectivity index (χ2n) is 5.79. The predicted molar refractivity (Wildman–Crippen MR) is 82.9 cm³/mol. The Morgan fingerprint density at radius 1 is 1.40 bits per heavy atom. The van der Waals surface area contributed by atoms with Gasteiger partial charge in [-0.15, -0.1) is 0 Å². The van der Waals surface area contributed by atoms with Crippen molar-refractivity contribution in [1.82, 2.24) is 10.2 Å². The lowest BCUT2D eigenvalue weighted by molar-refractivity contribution is -0.132. The van der Waals surface area contributed by atoms with Gasteiger partial charge in [0.15, 0.2) is 0 Å². The second kappa shape index (κ2) is 6.89. The molecule has 0 spiro atoms. The normalized spacial score (nSPS) is 18.9. The van der Waals surface area contributed by atoms with Gasteiger partial charge in [-0.25, -0.2) is 0 Å². The zero-order chi connectivity index (χ0) is 14.5. The zero-order valence-corrected chi connectivity index (χ0v) is 12.9. The number of hydrogen-bond donors (Lipinski definition) is 1. The number of benzene rings is 1. The molecule has 1 aliphatic rings. The molecule has 0 aliphatic carbocycles. The Morgan fingerprint density at radius 2 is 2.20 bits per heavy atom. The molecule has 1 amide bonds. The van der Waals surface area contributed by atoms with E-state index >= 15 is 0 Å². The molecule has 0 radical (unpaired) electrons. The van der Waals surface area contributed by atoms with Gasteiger partial charge in [-0.3, -0.25) is 4.79 Å². The molecule has 3 nitrogen and oxygen atoms in total. The molecule has 1 aromatic rings. The van der Waals surface area contributed by atoms with Crippen molar-refractivity contribution in [3.63, 3.8) is 0 Å². The van der Waals surface area contributed by atoms with E-state index in [-0.39, 0.29) is 5.91 Å². The minimum atomic E-state index is 0.259. The Balaban J connectivity index is 2.06. The van der Waals surface area contributed by atoms with Crippen LogP contribution in [0.25, 0.3) is 0 Å². The summed E-state index contributed by atoms with van der Waals surface area (Å²) in [7, 11) is 0. The average Bonchev–Trinajstić information content (AvgIpc) is 2.45. The highest BCUT2D eigenvalue weighted by Crippen LogP contribution is 2.16. The lowest BCUT2D eigenvalue weighted by Gasteiger charge is -2.34. The van der Waals surface area contributed by atoms with Gasteiger partial charge in [0.2, 0.25) is 5.91 Å². The van der Waals surface area contributed by atoms with Crippen LogP contribution in [0.1, 0.15) is 36.5 Å². The van der Waals surface area contributed by atoms with Gasteiger partial charge in [0.1, 0.15) is 0 Å². The standard InChI is InChI=1S/C17H26N2O/c1-4-19(16-6-5-9-18-12-16)17(20)11-15-10-13(2)7-8-14(15)3/h7-8,10,16,18H,4-6,9,11-12H2,1-3H3. The number of aryl methyl sites for hydroxylation is 2. The largest absolute Gasteiger partial charge is 0.338 e. The van der Waals surface area contributed by atoms with E-state index in [9.17, 15) is 4.79 Å². The summed E-state index contributed by atoms with van der Waals surface area (Å²) < 4.78 is 0. The Hall–Kier alpha value is -1.35. The first kappa shape index (κ1) is 15.0. The first-order valence-corrected chi connectivity index (χ1v) is 7.68. The van der Waals surface area contributed by atoms with Crippen LogP contribution in [0.2, 0.25) is 0 Å². The van der Waals surface area contributed by atoms with Crippen molar-refractivity contribution < 1.29 is 4.79 Å². The quantitative estimate of drug-likeness (QED) is 0.914. The number of rotatable bonds is 4. The van der Waals surface area contributed by atoms with Gasteiger partial charge in [0, 0.05) is 19.1 Å². The average molecular weight is 274 g/mol. The molecule has 1 N–H and O–H groups in total. The summed E-state index contributed by atoms with van der Waals surface area (Å²) in [5, 5.41) is 3.39. The Kier molecular flexibility index (Phi) is 5.18. The first-order chi connectivity index (χ1) is 9.61. The molecule has 1 unspecified atom stereocenters. The zero-order valence-electron chi connectivity index (χ0n) is 12.9. The van der Waals surface area contributed by atoms with Crippen molar-refractivity contribution in [2.75, 3.05) is 19.6 Å². The Morgan fingerprint density at radius 3 is 2.85 bits per heavy atom. The van der Waals surface area contributed by atoms with Gasteiger partial charge >= 0.3 is 0 Å². The summed E-state index contributed by atoms with van der Waals surface area (Å²) in [6, 6.07) is 6.72. The van der Waals surface area contributed by atoms with E-state index < -0.39 is 0 Å². The lowest BCUT2D eigenvalue weighted by atomic mass is 10.0. The highest BCUT2D eigenvalue weighted by atomic mass is 16.2. The third kappa shape index (κ3) is 3.60. The Bertz CT molecular complexity index is 464. The van der Waals surface area contributed by atoms with Crippen LogP contribution in [0.3, 0.4) is 0 Å². The highest BCUT2D eigenvalue weighted by molar-refractivity contribution is 5.79. The number of likely N-dealkylation sites (N-methyl/N-ethyl adjacent to an activating group) is 1. The molecule has 0 aromatic heterocycles. The molecule has 1 fully saturated rings. The molecule has 2 rings (SSSR count). The number of nitrogens with zero attached hydrogens (tertiary/aromatic N) is 1. The Labute approximate surface area is 122 Å². The summed E-state index contributed by atoms with van der Waals surface area (Å²) in [6.45, 7) is 9.06. The fourth-order valence-corrected chi connectivity index (χ4v) is 2.99. The molecule has 1 aromatic carbocycles. The molecule has 1 heterocycles. The fourth-order valence-electron chi connectivity index (χ4n) is 2.99. The molecule has 1 atom stereocenters. The first-order valence-electron chi connectivity index (χ1n) is 7.68. The van der Waals surface area contributed by atoms with Gasteiger partial charge in [0.05, 0.1) is 6.42 Å². The van der Waals surface area contributed by atoms with Crippen molar-refractivity contribution in [3.05, 3.63) is 34.9 Å². The lowest BCUT2D eigenvalue weighted by Crippen LogP contribution is -2.49. The van der Waals surface area contributed by atoms with Crippen molar-refractivity contribution in [2.24, 2.45) is 0 Å². The number of piperidine rings is 1. The number of carbonyl (C=O) groups is 1. The summed E-state index contributed by atoms with van der Waals surface area (Å²) in [4.78, 5) is 14.7. The molecular weight excluding hydrogens is 248 g/mol. The SMILES string of the molecule is CCN(C(=O)Cc1cc(C)ccc1C)C1CCCNC1. The van der Waals surface area contributed by atoms with Crippen LogP contribution in [-0.4, -0.2) is 36.5 Å². The van der Waals surface area contributed by atoms with Crippen molar-refractivity contribution >= 4 is 5.91 Å². The third-order valence-electron chi connectivity index (χ3n) is 4.22. The van der Waals surface area contributed by atoms with E-state index in [1.54, 1.807) is 0 Å². The summed E-state index contributed by atoms with van der Waals surface area (Å²) in [5.41, 5.74) is 3.60. The topological polar surface area (TPSA) is 32.3 Å². The van der Waals surface area contributed by atoms with E-state index in [1.807, 2.05) is 4.90 Å². The van der Waals surface area contributed by atoms with Gasteiger partial charge in [-0.2, -0.15) is 0 Å². The minimum Gasteiger partial charge on any atom is -0.338 e. The molecule has 20 heavy (non-hydrogen) atoms. The van der Waals surface area contributed by atoms with Crippen LogP contribution in [0, 0.1) is 13.8 Å². The second-order valence-corrected chi connectivity index (χ2v) is 5.79. The summed E-state index contributed by atoms with van der Waals surface area (Å²) in [6.07, 6.45) is 2.81. The highest BCUT2D eigenvalue weighted by Gasteiger charge is 2.24. The molecule has 1 aliphatic heterocycles. The number of nitrogens with one attached hydrogen (secondary N) is 1. The predicted octanol–water partition coefficient (Wildman–Crippen LogP) is 2.45. The van der Waals surface area contributed by atoms with E-state index in [0.717, 1.165) is 38.0 Å². The van der Waals surface area contributed by atoms with Crippen LogP contribution in [0.15, 0.2) is 18.2 Å². The summed E-state index contributed by atoms with van der Waals surface area (Å²) >= 11 is 0. The van der Waals surface area contributed by atoms with Crippen molar-refractivity contribution in [1.29, 1.82) is 0 Å². The molecule has 1 saturated heterocycles.